The summed E-state index contributed by atoms with van der Waals surface area (Å²) in [6.45, 7) is 6.79. The van der Waals surface area contributed by atoms with E-state index in [1.54, 1.807) is 14.2 Å². The summed E-state index contributed by atoms with van der Waals surface area (Å²) in [5.41, 5.74) is 9.39. The maximum Gasteiger partial charge on any atom is 0.124 e. The molecular weight excluding hydrogens is 214 g/mol. The van der Waals surface area contributed by atoms with Gasteiger partial charge in [-0.2, -0.15) is 0 Å². The number of nitrogens with two attached hydrogens (primary N) is 1. The molecule has 2 N–H and O–H groups in total. The van der Waals surface area contributed by atoms with Crippen LogP contribution in [0.2, 0.25) is 0 Å². The number of methoxy groups -OCH3 is 2. The Balaban J connectivity index is 3.19. The Bertz CT molecular complexity index is 386. The lowest BCUT2D eigenvalue weighted by Gasteiger charge is -2.29. The van der Waals surface area contributed by atoms with Crippen LogP contribution in [0.15, 0.2) is 12.1 Å². The number of hydrogen-bond donors (Lipinski definition) is 1. The third kappa shape index (κ3) is 3.20. The van der Waals surface area contributed by atoms with Gasteiger partial charge in [-0.25, -0.2) is 0 Å². The number of benzene rings is 1. The molecule has 17 heavy (non-hydrogen) atoms. The van der Waals surface area contributed by atoms with Crippen LogP contribution in [0.4, 0.5) is 0 Å². The van der Waals surface area contributed by atoms with Gasteiger partial charge >= 0.3 is 0 Å². The zero-order valence-corrected chi connectivity index (χ0v) is 11.5. The summed E-state index contributed by atoms with van der Waals surface area (Å²) in [5, 5.41) is 0. The van der Waals surface area contributed by atoms with Crippen LogP contribution < -0.4 is 10.5 Å². The number of ether oxygens (including phenoxy) is 2. The van der Waals surface area contributed by atoms with Crippen molar-refractivity contribution in [3.05, 3.63) is 28.8 Å². The van der Waals surface area contributed by atoms with E-state index in [-0.39, 0.29) is 0 Å². The first-order valence-electron chi connectivity index (χ1n) is 5.86. The van der Waals surface area contributed by atoms with Crippen molar-refractivity contribution in [2.24, 2.45) is 5.73 Å². The zero-order valence-electron chi connectivity index (χ0n) is 11.5. The molecule has 1 unspecified atom stereocenters. The second-order valence-corrected chi connectivity index (χ2v) is 4.82. The zero-order chi connectivity index (χ0) is 13.1. The molecule has 0 aliphatic carbocycles. The summed E-state index contributed by atoms with van der Waals surface area (Å²) in [5.74, 6) is 0.864. The Morgan fingerprint density at radius 3 is 2.41 bits per heavy atom. The van der Waals surface area contributed by atoms with E-state index < -0.39 is 5.54 Å². The van der Waals surface area contributed by atoms with Crippen LogP contribution in [0.3, 0.4) is 0 Å². The topological polar surface area (TPSA) is 44.5 Å². The fourth-order valence-corrected chi connectivity index (χ4v) is 2.26. The van der Waals surface area contributed by atoms with Gasteiger partial charge in [-0.05, 0) is 44.4 Å². The maximum absolute atomic E-state index is 6.39. The van der Waals surface area contributed by atoms with E-state index in [9.17, 15) is 0 Å². The second kappa shape index (κ2) is 5.52. The second-order valence-electron chi connectivity index (χ2n) is 4.82. The predicted molar refractivity (Wildman–Crippen MR) is 70.5 cm³/mol. The molecule has 1 aromatic rings. The molecule has 1 rings (SSSR count). The Morgan fingerprint density at radius 2 is 1.88 bits per heavy atom. The van der Waals surface area contributed by atoms with Crippen LogP contribution in [0.1, 0.15) is 30.0 Å². The molecule has 3 nitrogen and oxygen atoms in total. The predicted octanol–water partition coefficient (Wildman–Crippen LogP) is 2.52. The summed E-state index contributed by atoms with van der Waals surface area (Å²) < 4.78 is 10.6. The number of rotatable bonds is 5. The molecule has 0 heterocycles. The van der Waals surface area contributed by atoms with Crippen LogP contribution >= 0.6 is 0 Å². The summed E-state index contributed by atoms with van der Waals surface area (Å²) in [6.07, 6.45) is 0.768. The highest BCUT2D eigenvalue weighted by Gasteiger charge is 2.26. The van der Waals surface area contributed by atoms with Gasteiger partial charge < -0.3 is 15.2 Å². The van der Waals surface area contributed by atoms with Gasteiger partial charge in [0, 0.05) is 24.8 Å². The Hall–Kier alpha value is -1.06. The van der Waals surface area contributed by atoms with E-state index in [1.807, 2.05) is 13.0 Å². The minimum atomic E-state index is -0.431. The van der Waals surface area contributed by atoms with Gasteiger partial charge in [-0.1, -0.05) is 6.07 Å². The first-order chi connectivity index (χ1) is 7.92. The molecule has 0 amide bonds. The molecule has 1 aromatic carbocycles. The van der Waals surface area contributed by atoms with Crippen molar-refractivity contribution in [2.45, 2.75) is 32.7 Å². The van der Waals surface area contributed by atoms with Crippen molar-refractivity contribution in [3.8, 4) is 5.75 Å². The molecule has 0 fully saturated rings. The van der Waals surface area contributed by atoms with E-state index in [0.29, 0.717) is 6.61 Å². The average molecular weight is 237 g/mol. The normalized spacial score (nSPS) is 14.5. The van der Waals surface area contributed by atoms with Crippen LogP contribution in [0.25, 0.3) is 0 Å². The fraction of sp³-hybridized carbons (Fsp3) is 0.571. The highest BCUT2D eigenvalue weighted by atomic mass is 16.5. The highest BCUT2D eigenvalue weighted by Crippen LogP contribution is 2.34. The molecule has 0 aliphatic rings. The van der Waals surface area contributed by atoms with E-state index >= 15 is 0 Å². The van der Waals surface area contributed by atoms with Crippen LogP contribution in [-0.4, -0.2) is 20.8 Å². The lowest BCUT2D eigenvalue weighted by molar-refractivity contribution is 0.171. The van der Waals surface area contributed by atoms with Gasteiger partial charge in [-0.15, -0.1) is 0 Å². The van der Waals surface area contributed by atoms with E-state index in [1.165, 1.54) is 11.1 Å². The minimum absolute atomic E-state index is 0.431. The van der Waals surface area contributed by atoms with Crippen molar-refractivity contribution >= 4 is 0 Å². The molecule has 0 saturated carbocycles. The Labute approximate surface area is 104 Å². The standard InChI is InChI=1S/C14H23NO2/c1-10-8-11(2)13(12(9-10)17-5)14(3,15)6-7-16-4/h8-9H,6-7,15H2,1-5H3. The number of aryl methyl sites for hydroxylation is 2. The summed E-state index contributed by atoms with van der Waals surface area (Å²) in [6, 6.07) is 4.16. The molecule has 0 saturated heterocycles. The van der Waals surface area contributed by atoms with Gasteiger partial charge in [0.1, 0.15) is 5.75 Å². The lowest BCUT2D eigenvalue weighted by atomic mass is 9.85. The highest BCUT2D eigenvalue weighted by molar-refractivity contribution is 5.47. The van der Waals surface area contributed by atoms with Crippen LogP contribution in [0.5, 0.6) is 5.75 Å². The van der Waals surface area contributed by atoms with Gasteiger partial charge in [0.05, 0.1) is 7.11 Å². The third-order valence-electron chi connectivity index (χ3n) is 3.06. The van der Waals surface area contributed by atoms with Crippen LogP contribution in [0, 0.1) is 13.8 Å². The summed E-state index contributed by atoms with van der Waals surface area (Å²) in [4.78, 5) is 0. The Morgan fingerprint density at radius 1 is 1.24 bits per heavy atom. The third-order valence-corrected chi connectivity index (χ3v) is 3.06. The first kappa shape index (κ1) is 14.0. The molecular formula is C14H23NO2. The minimum Gasteiger partial charge on any atom is -0.496 e. The van der Waals surface area contributed by atoms with Crippen molar-refractivity contribution < 1.29 is 9.47 Å². The summed E-state index contributed by atoms with van der Waals surface area (Å²) in [7, 11) is 3.37. The quantitative estimate of drug-likeness (QED) is 0.856. The monoisotopic (exact) mass is 237 g/mol. The fourth-order valence-electron chi connectivity index (χ4n) is 2.26. The van der Waals surface area contributed by atoms with Crippen molar-refractivity contribution in [1.29, 1.82) is 0 Å². The van der Waals surface area contributed by atoms with Gasteiger partial charge in [0.25, 0.3) is 0 Å². The molecule has 3 heteroatoms. The average Bonchev–Trinajstić information content (AvgIpc) is 2.24. The molecule has 0 spiro atoms. The molecule has 1 atom stereocenters. The molecule has 0 aromatic heterocycles. The SMILES string of the molecule is COCCC(C)(N)c1c(C)cc(C)cc1OC. The van der Waals surface area contributed by atoms with Crippen LogP contribution in [-0.2, 0) is 10.3 Å². The van der Waals surface area contributed by atoms with Crippen molar-refractivity contribution in [1.82, 2.24) is 0 Å². The smallest absolute Gasteiger partial charge is 0.124 e. The molecule has 96 valence electrons. The first-order valence-corrected chi connectivity index (χ1v) is 5.86. The largest absolute Gasteiger partial charge is 0.496 e. The number of hydrogen-bond acceptors (Lipinski definition) is 3. The van der Waals surface area contributed by atoms with E-state index in [0.717, 1.165) is 17.7 Å². The van der Waals surface area contributed by atoms with E-state index in [4.69, 9.17) is 15.2 Å². The van der Waals surface area contributed by atoms with Crippen molar-refractivity contribution in [3.63, 3.8) is 0 Å². The van der Waals surface area contributed by atoms with E-state index in [2.05, 4.69) is 19.9 Å². The summed E-state index contributed by atoms with van der Waals surface area (Å²) >= 11 is 0. The molecule has 0 bridgehead atoms. The molecule has 0 radical (unpaired) electrons. The van der Waals surface area contributed by atoms with Gasteiger partial charge in [0.15, 0.2) is 0 Å². The lowest BCUT2D eigenvalue weighted by Crippen LogP contribution is -2.35. The molecule has 0 aliphatic heterocycles. The maximum atomic E-state index is 6.39. The van der Waals surface area contributed by atoms with Crippen molar-refractivity contribution in [2.75, 3.05) is 20.8 Å². The van der Waals surface area contributed by atoms with Gasteiger partial charge in [-0.3, -0.25) is 0 Å². The Kier molecular flexibility index (Phi) is 4.54. The van der Waals surface area contributed by atoms with Gasteiger partial charge in [0.2, 0.25) is 0 Å².